The monoisotopic (exact) mass is 412 g/mol. The lowest BCUT2D eigenvalue weighted by Crippen LogP contribution is -2.36. The highest BCUT2D eigenvalue weighted by Gasteiger charge is 2.47. The number of aryl methyl sites for hydroxylation is 2. The lowest BCUT2D eigenvalue weighted by atomic mass is 9.85. The van der Waals surface area contributed by atoms with Crippen molar-refractivity contribution in [3.05, 3.63) is 52.2 Å². The van der Waals surface area contributed by atoms with Gasteiger partial charge in [0.05, 0.1) is 17.4 Å². The Morgan fingerprint density at radius 3 is 2.48 bits per heavy atom. The van der Waals surface area contributed by atoms with Crippen LogP contribution in [0.5, 0.6) is 0 Å². The van der Waals surface area contributed by atoms with Crippen molar-refractivity contribution in [2.24, 2.45) is 11.8 Å². The molecule has 0 saturated carbocycles. The average molecular weight is 413 g/mol. The molecule has 1 saturated heterocycles. The van der Waals surface area contributed by atoms with Crippen LogP contribution in [0.4, 0.5) is 0 Å². The highest BCUT2D eigenvalue weighted by Crippen LogP contribution is 2.35. The summed E-state index contributed by atoms with van der Waals surface area (Å²) in [7, 11) is 0. The van der Waals surface area contributed by atoms with E-state index in [9.17, 15) is 14.4 Å². The fraction of sp³-hybridized carbons (Fsp3) is 0.364. The Balaban J connectivity index is 1.44. The van der Waals surface area contributed by atoms with E-state index in [1.165, 1.54) is 0 Å². The lowest BCUT2D eigenvalue weighted by molar-refractivity contribution is -0.153. The van der Waals surface area contributed by atoms with Gasteiger partial charge in [-0.2, -0.15) is 0 Å². The van der Waals surface area contributed by atoms with Crippen LogP contribution in [0.25, 0.3) is 10.9 Å². The van der Waals surface area contributed by atoms with E-state index in [4.69, 9.17) is 16.3 Å². The number of allylic oxidation sites excluding steroid dienone is 2. The molecule has 1 aromatic carbocycles. The van der Waals surface area contributed by atoms with Gasteiger partial charge in [0.15, 0.2) is 0 Å². The summed E-state index contributed by atoms with van der Waals surface area (Å²) in [5.74, 6) is -1.94. The van der Waals surface area contributed by atoms with E-state index in [1.54, 1.807) is 0 Å². The van der Waals surface area contributed by atoms with Crippen LogP contribution in [-0.4, -0.2) is 34.2 Å². The molecule has 1 aromatic heterocycles. The van der Waals surface area contributed by atoms with Gasteiger partial charge in [0.25, 0.3) is 0 Å². The smallest absolute Gasteiger partial charge is 0.326 e. The van der Waals surface area contributed by atoms with Gasteiger partial charge in [-0.1, -0.05) is 35.9 Å². The number of amides is 2. The van der Waals surface area contributed by atoms with Gasteiger partial charge in [0.1, 0.15) is 18.3 Å². The first-order valence-electron chi connectivity index (χ1n) is 9.58. The summed E-state index contributed by atoms with van der Waals surface area (Å²) in [6, 6.07) is 5.79. The van der Waals surface area contributed by atoms with Crippen molar-refractivity contribution in [1.82, 2.24) is 9.88 Å². The Labute approximate surface area is 173 Å². The molecule has 0 N–H and O–H groups in total. The van der Waals surface area contributed by atoms with Crippen molar-refractivity contribution in [2.75, 3.05) is 6.54 Å². The third-order valence-corrected chi connectivity index (χ3v) is 6.14. The fourth-order valence-electron chi connectivity index (χ4n) is 3.96. The molecular formula is C22H21ClN2O4. The Hall–Kier alpha value is -2.73. The maximum Gasteiger partial charge on any atom is 0.326 e. The summed E-state index contributed by atoms with van der Waals surface area (Å²) in [5.41, 5.74) is 3.56. The van der Waals surface area contributed by atoms with Gasteiger partial charge in [-0.25, -0.2) is 4.98 Å². The van der Waals surface area contributed by atoms with Crippen molar-refractivity contribution in [3.63, 3.8) is 0 Å². The molecule has 0 radical (unpaired) electrons. The molecule has 1 aliphatic carbocycles. The van der Waals surface area contributed by atoms with Crippen LogP contribution in [0.1, 0.15) is 29.5 Å². The zero-order valence-electron chi connectivity index (χ0n) is 16.3. The van der Waals surface area contributed by atoms with E-state index in [0.29, 0.717) is 18.4 Å². The molecule has 2 amide bonds. The Bertz CT molecular complexity index is 1040. The van der Waals surface area contributed by atoms with Crippen LogP contribution in [0.2, 0.25) is 5.15 Å². The third kappa shape index (κ3) is 3.53. The Morgan fingerprint density at radius 1 is 1.17 bits per heavy atom. The molecule has 2 aromatic rings. The molecule has 0 unspecified atom stereocenters. The topological polar surface area (TPSA) is 76.6 Å². The SMILES string of the molecule is Cc1ccc2cc(COC(=O)CN3C(=O)[C@@H]4CC=CC[C@H]4C3=O)c(Cl)nc2c1C. The minimum Gasteiger partial charge on any atom is -0.459 e. The molecule has 1 aliphatic heterocycles. The zero-order chi connectivity index (χ0) is 20.7. The predicted octanol–water partition coefficient (Wildman–Crippen LogP) is 3.50. The summed E-state index contributed by atoms with van der Waals surface area (Å²) in [4.78, 5) is 42.7. The second-order valence-electron chi connectivity index (χ2n) is 7.60. The van der Waals surface area contributed by atoms with Crippen LogP contribution in [0.15, 0.2) is 30.4 Å². The number of likely N-dealkylation sites (tertiary alicyclic amines) is 1. The number of pyridine rings is 1. The maximum atomic E-state index is 12.5. The van der Waals surface area contributed by atoms with Crippen LogP contribution in [0, 0.1) is 25.7 Å². The molecule has 2 aliphatic rings. The van der Waals surface area contributed by atoms with E-state index in [1.807, 2.05) is 44.2 Å². The first-order chi connectivity index (χ1) is 13.9. The van der Waals surface area contributed by atoms with E-state index < -0.39 is 5.97 Å². The van der Waals surface area contributed by atoms with Crippen molar-refractivity contribution in [2.45, 2.75) is 33.3 Å². The molecule has 4 rings (SSSR count). The number of imide groups is 1. The molecular weight excluding hydrogens is 392 g/mol. The number of aromatic nitrogens is 1. The molecule has 150 valence electrons. The molecule has 0 bridgehead atoms. The number of nitrogens with zero attached hydrogens (tertiary/aromatic N) is 2. The normalized spacial score (nSPS) is 21.0. The number of fused-ring (bicyclic) bond motifs is 2. The van der Waals surface area contributed by atoms with Gasteiger partial charge in [-0.15, -0.1) is 0 Å². The van der Waals surface area contributed by atoms with Gasteiger partial charge in [-0.3, -0.25) is 19.3 Å². The highest BCUT2D eigenvalue weighted by atomic mass is 35.5. The zero-order valence-corrected chi connectivity index (χ0v) is 17.0. The van der Waals surface area contributed by atoms with Crippen LogP contribution in [-0.2, 0) is 25.7 Å². The first-order valence-corrected chi connectivity index (χ1v) is 9.95. The largest absolute Gasteiger partial charge is 0.459 e. The minimum absolute atomic E-state index is 0.0713. The molecule has 0 spiro atoms. The molecule has 29 heavy (non-hydrogen) atoms. The van der Waals surface area contributed by atoms with Crippen molar-refractivity contribution >= 4 is 40.3 Å². The highest BCUT2D eigenvalue weighted by molar-refractivity contribution is 6.30. The predicted molar refractivity (Wildman–Crippen MR) is 108 cm³/mol. The van der Waals surface area contributed by atoms with E-state index in [-0.39, 0.29) is 42.0 Å². The molecule has 1 fully saturated rings. The number of halogens is 1. The molecule has 2 atom stereocenters. The number of rotatable bonds is 4. The summed E-state index contributed by atoms with van der Waals surface area (Å²) in [6.45, 7) is 3.55. The molecule has 2 heterocycles. The van der Waals surface area contributed by atoms with Crippen molar-refractivity contribution < 1.29 is 19.1 Å². The van der Waals surface area contributed by atoms with Gasteiger partial charge in [0.2, 0.25) is 11.8 Å². The number of ether oxygens (including phenoxy) is 1. The quantitative estimate of drug-likeness (QED) is 0.332. The lowest BCUT2D eigenvalue weighted by Gasteiger charge is -2.14. The molecule has 7 heteroatoms. The van der Waals surface area contributed by atoms with E-state index in [0.717, 1.165) is 26.9 Å². The summed E-state index contributed by atoms with van der Waals surface area (Å²) in [6.07, 6.45) is 4.90. The number of hydrogen-bond donors (Lipinski definition) is 0. The Morgan fingerprint density at radius 2 is 1.83 bits per heavy atom. The van der Waals surface area contributed by atoms with Gasteiger partial charge < -0.3 is 4.74 Å². The minimum atomic E-state index is -0.644. The van der Waals surface area contributed by atoms with E-state index in [2.05, 4.69) is 4.98 Å². The number of benzene rings is 1. The summed E-state index contributed by atoms with van der Waals surface area (Å²) >= 11 is 6.28. The van der Waals surface area contributed by atoms with Crippen molar-refractivity contribution in [1.29, 1.82) is 0 Å². The van der Waals surface area contributed by atoms with Crippen molar-refractivity contribution in [3.8, 4) is 0 Å². The van der Waals surface area contributed by atoms with Crippen LogP contribution < -0.4 is 0 Å². The summed E-state index contributed by atoms with van der Waals surface area (Å²) in [5, 5.41) is 1.18. The summed E-state index contributed by atoms with van der Waals surface area (Å²) < 4.78 is 5.30. The van der Waals surface area contributed by atoms with Gasteiger partial charge in [-0.05, 0) is 43.9 Å². The molecule has 6 nitrogen and oxygen atoms in total. The number of carbonyl (C=O) groups excluding carboxylic acids is 3. The number of esters is 1. The van der Waals surface area contributed by atoms with Crippen LogP contribution in [0.3, 0.4) is 0 Å². The first kappa shape index (κ1) is 19.6. The third-order valence-electron chi connectivity index (χ3n) is 5.81. The second kappa shape index (κ2) is 7.59. The van der Waals surface area contributed by atoms with Crippen LogP contribution >= 0.6 is 11.6 Å². The van der Waals surface area contributed by atoms with Gasteiger partial charge >= 0.3 is 5.97 Å². The maximum absolute atomic E-state index is 12.5. The van der Waals surface area contributed by atoms with E-state index >= 15 is 0 Å². The second-order valence-corrected chi connectivity index (χ2v) is 7.95. The number of carbonyl (C=O) groups is 3. The standard InChI is InChI=1S/C22H21ClN2O4/c1-12-7-8-14-9-15(20(23)24-19(14)13(12)2)11-29-18(26)10-25-21(27)16-5-3-4-6-17(16)22(25)28/h3-4,7-9,16-17H,5-6,10-11H2,1-2H3/t16-,17-/m1/s1. The Kier molecular flexibility index (Phi) is 5.13. The number of hydrogen-bond acceptors (Lipinski definition) is 5. The van der Waals surface area contributed by atoms with Gasteiger partial charge in [0, 0.05) is 10.9 Å². The fourth-order valence-corrected chi connectivity index (χ4v) is 4.16. The average Bonchev–Trinajstić information content (AvgIpc) is 2.95.